The number of fused-ring (bicyclic) bond motifs is 3. The smallest absolute Gasteiger partial charge is 0.319 e. The van der Waals surface area contributed by atoms with Crippen LogP contribution in [0.3, 0.4) is 0 Å². The van der Waals surface area contributed by atoms with Crippen LogP contribution in [0.1, 0.15) is 51.5 Å². The molecule has 2 aromatic carbocycles. The number of nitrogens with two attached hydrogens (primary N) is 1. The van der Waals surface area contributed by atoms with Gasteiger partial charge in [-0.15, -0.1) is 11.3 Å². The van der Waals surface area contributed by atoms with Crippen LogP contribution in [0.5, 0.6) is 6.01 Å². The number of rotatable bonds is 9. The molecule has 3 saturated heterocycles. The lowest BCUT2D eigenvalue weighted by molar-refractivity contribution is -0.126. The first kappa shape index (κ1) is 33.1. The molecule has 0 saturated carbocycles. The SMILES string of the molecule is C=CC(=O)N1CC[C@@H](N(CC)c2nc(OC[C@@]34CCCN3C[C@H](F)C4)nc3cc(-c4ccc(F)c5sc(N)c(C#N)c45)c(F)cc23)[C@@H]1CC. The lowest BCUT2D eigenvalue weighted by Crippen LogP contribution is -2.47. The number of halogens is 3. The minimum Gasteiger partial charge on any atom is -0.461 e. The van der Waals surface area contributed by atoms with Crippen LogP contribution in [0.15, 0.2) is 36.9 Å². The number of carbonyl (C=O) groups excluding carboxylic acids is 1. The van der Waals surface area contributed by atoms with Crippen LogP contribution < -0.4 is 15.4 Å². The van der Waals surface area contributed by atoms with E-state index < -0.39 is 23.3 Å². The van der Waals surface area contributed by atoms with Gasteiger partial charge in [-0.3, -0.25) is 9.69 Å². The molecule has 0 unspecified atom stereocenters. The molecule has 1 amide bonds. The number of amides is 1. The van der Waals surface area contributed by atoms with Gasteiger partial charge in [0, 0.05) is 42.4 Å². The first-order chi connectivity index (χ1) is 23.6. The summed E-state index contributed by atoms with van der Waals surface area (Å²) in [6, 6.07) is 7.51. The van der Waals surface area contributed by atoms with Crippen molar-refractivity contribution >= 4 is 49.1 Å². The van der Waals surface area contributed by atoms with Crippen LogP contribution in [0, 0.1) is 23.0 Å². The molecular formula is C36H38F3N7O2S. The number of likely N-dealkylation sites (tertiary alicyclic amines) is 1. The molecule has 2 N–H and O–H groups in total. The highest BCUT2D eigenvalue weighted by atomic mass is 32.1. The van der Waals surface area contributed by atoms with Crippen LogP contribution in [0.4, 0.5) is 24.0 Å². The van der Waals surface area contributed by atoms with Gasteiger partial charge in [-0.25, -0.2) is 13.2 Å². The summed E-state index contributed by atoms with van der Waals surface area (Å²) in [5.74, 6) is -0.837. The topological polar surface area (TPSA) is 112 Å². The van der Waals surface area contributed by atoms with Crippen LogP contribution in [0.2, 0.25) is 0 Å². The van der Waals surface area contributed by atoms with E-state index in [0.29, 0.717) is 61.2 Å². The van der Waals surface area contributed by atoms with E-state index in [1.54, 1.807) is 6.07 Å². The summed E-state index contributed by atoms with van der Waals surface area (Å²) in [4.78, 5) is 28.5. The van der Waals surface area contributed by atoms with Gasteiger partial charge in [-0.2, -0.15) is 15.2 Å². The summed E-state index contributed by atoms with van der Waals surface area (Å²) < 4.78 is 52.4. The molecular weight excluding hydrogens is 652 g/mol. The molecule has 4 aromatic rings. The molecule has 0 spiro atoms. The average Bonchev–Trinajstić information content (AvgIpc) is 3.85. The first-order valence-corrected chi connectivity index (χ1v) is 17.6. The summed E-state index contributed by atoms with van der Waals surface area (Å²) in [6.45, 7) is 10.1. The lowest BCUT2D eigenvalue weighted by atomic mass is 9.95. The van der Waals surface area contributed by atoms with Gasteiger partial charge in [0.15, 0.2) is 0 Å². The highest BCUT2D eigenvalue weighted by Crippen LogP contribution is 2.44. The highest BCUT2D eigenvalue weighted by Gasteiger charge is 2.49. The predicted molar refractivity (Wildman–Crippen MR) is 185 cm³/mol. The Morgan fingerprint density at radius 3 is 2.80 bits per heavy atom. The molecule has 7 rings (SSSR count). The number of benzene rings is 2. The van der Waals surface area contributed by atoms with Crippen LogP contribution in [0.25, 0.3) is 32.1 Å². The molecule has 5 heterocycles. The van der Waals surface area contributed by atoms with Crippen molar-refractivity contribution in [3.63, 3.8) is 0 Å². The van der Waals surface area contributed by atoms with E-state index in [-0.39, 0.29) is 56.8 Å². The monoisotopic (exact) mass is 689 g/mol. The maximum absolute atomic E-state index is 16.4. The fourth-order valence-corrected chi connectivity index (χ4v) is 9.35. The predicted octanol–water partition coefficient (Wildman–Crippen LogP) is 6.59. The number of aromatic nitrogens is 2. The van der Waals surface area contributed by atoms with E-state index >= 15 is 4.39 Å². The Hall–Kier alpha value is -4.41. The number of anilines is 2. The van der Waals surface area contributed by atoms with E-state index in [1.165, 1.54) is 24.3 Å². The number of nitrogens with zero attached hydrogens (tertiary/aromatic N) is 6. The van der Waals surface area contributed by atoms with Gasteiger partial charge >= 0.3 is 6.01 Å². The number of thiophene rings is 1. The van der Waals surface area contributed by atoms with Gasteiger partial charge in [0.25, 0.3) is 0 Å². The molecule has 2 aromatic heterocycles. The van der Waals surface area contributed by atoms with Crippen molar-refractivity contribution in [3.05, 3.63) is 54.1 Å². The molecule has 0 bridgehead atoms. The van der Waals surface area contributed by atoms with E-state index in [4.69, 9.17) is 20.4 Å². The number of likely N-dealkylation sites (N-methyl/N-ethyl adjacent to an activating group) is 1. The number of ether oxygens (including phenoxy) is 1. The van der Waals surface area contributed by atoms with Crippen molar-refractivity contribution in [1.29, 1.82) is 5.26 Å². The van der Waals surface area contributed by atoms with Crippen LogP contribution >= 0.6 is 11.3 Å². The number of nitriles is 1. The zero-order valence-corrected chi connectivity index (χ0v) is 28.3. The normalized spacial score (nSPS) is 23.7. The Kier molecular flexibility index (Phi) is 8.65. The third-order valence-electron chi connectivity index (χ3n) is 10.6. The largest absolute Gasteiger partial charge is 0.461 e. The Bertz CT molecular complexity index is 2010. The second kappa shape index (κ2) is 12.8. The Labute approximate surface area is 286 Å². The third-order valence-corrected chi connectivity index (χ3v) is 11.6. The van der Waals surface area contributed by atoms with Crippen molar-refractivity contribution in [2.45, 2.75) is 69.7 Å². The molecule has 3 fully saturated rings. The maximum Gasteiger partial charge on any atom is 0.319 e. The highest BCUT2D eigenvalue weighted by molar-refractivity contribution is 7.23. The zero-order valence-electron chi connectivity index (χ0n) is 27.5. The summed E-state index contributed by atoms with van der Waals surface area (Å²) in [5.41, 5.74) is 6.56. The molecule has 49 heavy (non-hydrogen) atoms. The van der Waals surface area contributed by atoms with Crippen molar-refractivity contribution in [1.82, 2.24) is 19.8 Å². The van der Waals surface area contributed by atoms with Crippen LogP contribution in [-0.2, 0) is 4.79 Å². The molecule has 0 radical (unpaired) electrons. The minimum atomic E-state index is -0.926. The number of carbonyl (C=O) groups is 1. The molecule has 256 valence electrons. The minimum absolute atomic E-state index is 0.0776. The number of hydrogen-bond donors (Lipinski definition) is 1. The van der Waals surface area contributed by atoms with Gasteiger partial charge < -0.3 is 20.3 Å². The Balaban J connectivity index is 1.38. The lowest BCUT2D eigenvalue weighted by Gasteiger charge is -2.35. The van der Waals surface area contributed by atoms with E-state index in [1.807, 2.05) is 18.7 Å². The van der Waals surface area contributed by atoms with Gasteiger partial charge in [-0.05, 0) is 69.0 Å². The van der Waals surface area contributed by atoms with Crippen molar-refractivity contribution < 1.29 is 22.7 Å². The first-order valence-electron chi connectivity index (χ1n) is 16.8. The molecule has 13 heteroatoms. The third kappa shape index (κ3) is 5.45. The van der Waals surface area contributed by atoms with Crippen molar-refractivity contribution in [2.24, 2.45) is 0 Å². The molecule has 9 nitrogen and oxygen atoms in total. The quantitative estimate of drug-likeness (QED) is 0.196. The fraction of sp³-hybridized carbons (Fsp3) is 0.444. The van der Waals surface area contributed by atoms with Gasteiger partial charge in [0.2, 0.25) is 5.91 Å². The van der Waals surface area contributed by atoms with Crippen molar-refractivity contribution in [3.8, 4) is 23.2 Å². The standard InChI is InChI=1S/C36H38F3N7O2S/c1-4-28-29(10-13-46(28)30(47)5-2)45(6-3)34-23-14-26(39)22(21-8-9-25(38)32-31(21)24(17-40)33(41)49-32)15-27(23)42-35(43-34)48-19-36-11-7-12-44(36)18-20(37)16-36/h5,8-9,14-15,20,28-29H,2,4,6-7,10-13,16,18-19,41H2,1,3H3/t20-,28+,29-,36+/m1/s1. The Morgan fingerprint density at radius 1 is 1.24 bits per heavy atom. The number of nitrogen functional groups attached to an aromatic ring is 1. The van der Waals surface area contributed by atoms with Crippen LogP contribution in [-0.4, -0.2) is 82.3 Å². The van der Waals surface area contributed by atoms with Gasteiger partial charge in [0.05, 0.1) is 33.4 Å². The second-order valence-electron chi connectivity index (χ2n) is 13.1. The summed E-state index contributed by atoms with van der Waals surface area (Å²) in [6.07, 6.45) is 3.91. The Morgan fingerprint density at radius 2 is 2.06 bits per heavy atom. The molecule has 3 aliphatic rings. The van der Waals surface area contributed by atoms with Crippen molar-refractivity contribution in [2.75, 3.05) is 43.4 Å². The summed E-state index contributed by atoms with van der Waals surface area (Å²) in [5, 5.41) is 10.7. The maximum atomic E-state index is 16.4. The van der Waals surface area contributed by atoms with E-state index in [9.17, 15) is 18.8 Å². The number of alkyl halides is 1. The average molecular weight is 690 g/mol. The fourth-order valence-electron chi connectivity index (χ4n) is 8.40. The molecule has 3 aliphatic heterocycles. The van der Waals surface area contributed by atoms with Gasteiger partial charge in [-0.1, -0.05) is 19.6 Å². The van der Waals surface area contributed by atoms with Gasteiger partial charge in [0.1, 0.15) is 41.3 Å². The number of hydrogen-bond acceptors (Lipinski definition) is 9. The summed E-state index contributed by atoms with van der Waals surface area (Å²) in [7, 11) is 0. The second-order valence-corrected chi connectivity index (χ2v) is 14.2. The van der Waals surface area contributed by atoms with E-state index in [2.05, 4.69) is 22.4 Å². The van der Waals surface area contributed by atoms with E-state index in [0.717, 1.165) is 30.7 Å². The molecule has 4 atom stereocenters. The molecule has 0 aliphatic carbocycles. The zero-order chi connectivity index (χ0) is 34.6. The summed E-state index contributed by atoms with van der Waals surface area (Å²) >= 11 is 0.947.